The first kappa shape index (κ1) is 13.2. The van der Waals surface area contributed by atoms with Crippen LogP contribution in [0.4, 0.5) is 5.69 Å². The van der Waals surface area contributed by atoms with Gasteiger partial charge in [0.2, 0.25) is 11.7 Å². The number of guanidine groups is 1. The number of benzene rings is 1. The standard InChI is InChI=1S/C9H11N5O4/c1-18-6-2-5(4-12-13-9(10)11)8(15)7(3-6)14(16)17/h2-4,15H,1H3,(H4,10,11,13). The molecule has 0 saturated heterocycles. The van der Waals surface area contributed by atoms with Crippen LogP contribution in [0.3, 0.4) is 0 Å². The van der Waals surface area contributed by atoms with Gasteiger partial charge in [-0.25, -0.2) is 0 Å². The van der Waals surface area contributed by atoms with Crippen LogP contribution in [-0.4, -0.2) is 29.3 Å². The predicted octanol–water partition coefficient (Wildman–Crippen LogP) is -0.0837. The van der Waals surface area contributed by atoms with Gasteiger partial charge in [0.1, 0.15) is 5.75 Å². The van der Waals surface area contributed by atoms with E-state index in [1.54, 1.807) is 0 Å². The van der Waals surface area contributed by atoms with Gasteiger partial charge >= 0.3 is 5.69 Å². The van der Waals surface area contributed by atoms with Crippen molar-refractivity contribution in [3.63, 3.8) is 0 Å². The summed E-state index contributed by atoms with van der Waals surface area (Å²) in [7, 11) is 1.34. The zero-order valence-corrected chi connectivity index (χ0v) is 9.40. The first-order chi connectivity index (χ1) is 8.45. The number of hydrogen-bond acceptors (Lipinski definition) is 6. The van der Waals surface area contributed by atoms with E-state index in [1.807, 2.05) is 0 Å². The number of nitro benzene ring substituents is 1. The first-order valence-corrected chi connectivity index (χ1v) is 4.63. The highest BCUT2D eigenvalue weighted by Crippen LogP contribution is 2.33. The van der Waals surface area contributed by atoms with Crippen molar-refractivity contribution in [2.24, 2.45) is 21.7 Å². The molecule has 1 aromatic carbocycles. The molecule has 0 atom stereocenters. The van der Waals surface area contributed by atoms with Crippen LogP contribution in [0.1, 0.15) is 5.56 Å². The second kappa shape index (κ2) is 5.48. The summed E-state index contributed by atoms with van der Waals surface area (Å²) in [6, 6.07) is 2.45. The minimum Gasteiger partial charge on any atom is -0.502 e. The van der Waals surface area contributed by atoms with Crippen LogP contribution in [0.25, 0.3) is 0 Å². The third-order valence-electron chi connectivity index (χ3n) is 1.90. The van der Waals surface area contributed by atoms with E-state index in [9.17, 15) is 15.2 Å². The number of ether oxygens (including phenoxy) is 1. The Morgan fingerprint density at radius 2 is 2.22 bits per heavy atom. The van der Waals surface area contributed by atoms with E-state index < -0.39 is 16.4 Å². The molecule has 5 N–H and O–H groups in total. The minimum atomic E-state index is -0.740. The van der Waals surface area contributed by atoms with Crippen LogP contribution in [0.2, 0.25) is 0 Å². The number of nitro groups is 1. The van der Waals surface area contributed by atoms with Crippen molar-refractivity contribution in [2.45, 2.75) is 0 Å². The second-order valence-electron chi connectivity index (χ2n) is 3.11. The summed E-state index contributed by atoms with van der Waals surface area (Å²) in [6.07, 6.45) is 1.07. The average Bonchev–Trinajstić information content (AvgIpc) is 2.30. The Morgan fingerprint density at radius 3 is 2.72 bits per heavy atom. The summed E-state index contributed by atoms with van der Waals surface area (Å²) >= 11 is 0. The number of rotatable bonds is 4. The van der Waals surface area contributed by atoms with E-state index in [2.05, 4.69) is 10.2 Å². The van der Waals surface area contributed by atoms with Crippen molar-refractivity contribution in [3.05, 3.63) is 27.8 Å². The Kier molecular flexibility index (Phi) is 4.02. The average molecular weight is 253 g/mol. The van der Waals surface area contributed by atoms with Gasteiger partial charge in [0.15, 0.2) is 0 Å². The summed E-state index contributed by atoms with van der Waals surface area (Å²) in [5, 5.41) is 27.1. The molecule has 0 unspecified atom stereocenters. The maximum absolute atomic E-state index is 10.7. The Hall–Kier alpha value is -2.84. The molecule has 0 saturated carbocycles. The molecule has 0 aliphatic heterocycles. The molecule has 1 rings (SSSR count). The fourth-order valence-electron chi connectivity index (χ4n) is 1.13. The monoisotopic (exact) mass is 253 g/mol. The highest BCUT2D eigenvalue weighted by Gasteiger charge is 2.18. The molecule has 0 spiro atoms. The van der Waals surface area contributed by atoms with Gasteiger partial charge in [0, 0.05) is 5.56 Å². The van der Waals surface area contributed by atoms with Crippen molar-refractivity contribution >= 4 is 17.9 Å². The number of phenols is 1. The molecular formula is C9H11N5O4. The summed E-state index contributed by atoms with van der Waals surface area (Å²) in [5.74, 6) is -0.621. The Labute approximate surface area is 102 Å². The normalized spacial score (nSPS) is 10.3. The third-order valence-corrected chi connectivity index (χ3v) is 1.90. The molecule has 18 heavy (non-hydrogen) atoms. The largest absolute Gasteiger partial charge is 0.502 e. The van der Waals surface area contributed by atoms with E-state index in [0.717, 1.165) is 12.3 Å². The van der Waals surface area contributed by atoms with Gasteiger partial charge in [0.05, 0.1) is 24.3 Å². The zero-order valence-electron chi connectivity index (χ0n) is 9.40. The van der Waals surface area contributed by atoms with E-state index in [1.165, 1.54) is 13.2 Å². The van der Waals surface area contributed by atoms with E-state index in [4.69, 9.17) is 16.2 Å². The molecule has 0 radical (unpaired) electrons. The van der Waals surface area contributed by atoms with Crippen LogP contribution >= 0.6 is 0 Å². The van der Waals surface area contributed by atoms with Gasteiger partial charge in [0.25, 0.3) is 0 Å². The molecular weight excluding hydrogens is 242 g/mol. The van der Waals surface area contributed by atoms with Gasteiger partial charge in [-0.05, 0) is 6.07 Å². The molecule has 1 aromatic rings. The molecule has 0 amide bonds. The Morgan fingerprint density at radius 1 is 1.56 bits per heavy atom. The Bertz CT molecular complexity index is 522. The maximum Gasteiger partial charge on any atom is 0.315 e. The topological polar surface area (TPSA) is 149 Å². The van der Waals surface area contributed by atoms with Crippen molar-refractivity contribution in [1.29, 1.82) is 0 Å². The fourth-order valence-corrected chi connectivity index (χ4v) is 1.13. The summed E-state index contributed by atoms with van der Waals surface area (Å²) < 4.78 is 4.87. The summed E-state index contributed by atoms with van der Waals surface area (Å²) in [4.78, 5) is 9.96. The van der Waals surface area contributed by atoms with Crippen molar-refractivity contribution in [1.82, 2.24) is 0 Å². The maximum atomic E-state index is 10.7. The Balaban J connectivity index is 3.26. The molecule has 0 bridgehead atoms. The molecule has 0 fully saturated rings. The smallest absolute Gasteiger partial charge is 0.315 e. The van der Waals surface area contributed by atoms with Crippen LogP contribution in [0.15, 0.2) is 22.3 Å². The molecule has 9 heteroatoms. The lowest BCUT2D eigenvalue weighted by atomic mass is 10.1. The molecule has 9 nitrogen and oxygen atoms in total. The first-order valence-electron chi connectivity index (χ1n) is 4.63. The van der Waals surface area contributed by atoms with Crippen molar-refractivity contribution < 1.29 is 14.8 Å². The van der Waals surface area contributed by atoms with Crippen molar-refractivity contribution in [2.75, 3.05) is 7.11 Å². The number of hydrogen-bond donors (Lipinski definition) is 3. The number of nitrogens with two attached hydrogens (primary N) is 2. The van der Waals surface area contributed by atoms with E-state index in [0.29, 0.717) is 0 Å². The number of aromatic hydroxyl groups is 1. The minimum absolute atomic E-state index is 0.0612. The lowest BCUT2D eigenvalue weighted by molar-refractivity contribution is -0.385. The van der Waals surface area contributed by atoms with E-state index >= 15 is 0 Å². The number of methoxy groups -OCH3 is 1. The lowest BCUT2D eigenvalue weighted by Crippen LogP contribution is -2.21. The molecule has 0 aliphatic carbocycles. The van der Waals surface area contributed by atoms with Crippen LogP contribution < -0.4 is 16.2 Å². The predicted molar refractivity (Wildman–Crippen MR) is 64.7 cm³/mol. The van der Waals surface area contributed by atoms with E-state index in [-0.39, 0.29) is 17.3 Å². The summed E-state index contributed by atoms with van der Waals surface area (Å²) in [5.41, 5.74) is 9.66. The quantitative estimate of drug-likeness (QED) is 0.295. The molecule has 0 aromatic heterocycles. The van der Waals surface area contributed by atoms with Gasteiger partial charge in [-0.3, -0.25) is 10.1 Å². The summed E-state index contributed by atoms with van der Waals surface area (Å²) in [6.45, 7) is 0. The van der Waals surface area contributed by atoms with Gasteiger partial charge in [-0.15, -0.1) is 5.10 Å². The SMILES string of the molecule is COc1cc(C=NN=C(N)N)c(O)c([N+](=O)[O-])c1. The highest BCUT2D eigenvalue weighted by atomic mass is 16.6. The van der Waals surface area contributed by atoms with Crippen molar-refractivity contribution in [3.8, 4) is 11.5 Å². The highest BCUT2D eigenvalue weighted by molar-refractivity contribution is 5.87. The molecule has 0 heterocycles. The lowest BCUT2D eigenvalue weighted by Gasteiger charge is -2.04. The zero-order chi connectivity index (χ0) is 13.7. The molecule has 0 aliphatic rings. The van der Waals surface area contributed by atoms with Crippen LogP contribution in [0, 0.1) is 10.1 Å². The second-order valence-corrected chi connectivity index (χ2v) is 3.11. The third kappa shape index (κ3) is 3.07. The van der Waals surface area contributed by atoms with Crippen LogP contribution in [-0.2, 0) is 0 Å². The fraction of sp³-hybridized carbons (Fsp3) is 0.111. The molecule has 96 valence electrons. The van der Waals surface area contributed by atoms with Crippen LogP contribution in [0.5, 0.6) is 11.5 Å². The van der Waals surface area contributed by atoms with Gasteiger partial charge in [-0.2, -0.15) is 5.10 Å². The number of nitrogens with zero attached hydrogens (tertiary/aromatic N) is 3. The number of phenolic OH excluding ortho intramolecular Hbond substituents is 1. The van der Waals surface area contributed by atoms with Gasteiger partial charge in [-0.1, -0.05) is 0 Å². The van der Waals surface area contributed by atoms with Gasteiger partial charge < -0.3 is 21.3 Å².